The predicted octanol–water partition coefficient (Wildman–Crippen LogP) is 1.61. The van der Waals surface area contributed by atoms with Crippen LogP contribution in [0.1, 0.15) is 52.4 Å². The molecule has 0 aliphatic heterocycles. The first kappa shape index (κ1) is 16.9. The third kappa shape index (κ3) is 7.27. The number of carbonyl (C=O) groups excluding carboxylic acids is 1. The number of rotatable bonds is 10. The molecule has 0 heterocycles. The molecule has 0 aliphatic rings. The van der Waals surface area contributed by atoms with Gasteiger partial charge in [-0.1, -0.05) is 12.8 Å². The van der Waals surface area contributed by atoms with Gasteiger partial charge in [-0.15, -0.1) is 0 Å². The van der Waals surface area contributed by atoms with E-state index in [1.807, 2.05) is 6.92 Å². The molecule has 18 heavy (non-hydrogen) atoms. The molecule has 0 aromatic rings. The van der Waals surface area contributed by atoms with Crippen LogP contribution in [0.2, 0.25) is 0 Å². The first-order chi connectivity index (χ1) is 8.52. The lowest BCUT2D eigenvalue weighted by Gasteiger charge is -2.27. The molecule has 5 nitrogen and oxygen atoms in total. The molecule has 0 saturated heterocycles. The van der Waals surface area contributed by atoms with E-state index >= 15 is 0 Å². The Bertz CT molecular complexity index is 257. The summed E-state index contributed by atoms with van der Waals surface area (Å²) in [4.78, 5) is 24.2. The first-order valence-corrected chi connectivity index (χ1v) is 6.74. The molecular formula is C13H26N2O3. The van der Waals surface area contributed by atoms with Crippen molar-refractivity contribution in [1.29, 1.82) is 0 Å². The number of nitrogens with two attached hydrogens (primary N) is 1. The van der Waals surface area contributed by atoms with Crippen LogP contribution in [0.25, 0.3) is 0 Å². The summed E-state index contributed by atoms with van der Waals surface area (Å²) in [6.45, 7) is 4.93. The van der Waals surface area contributed by atoms with Crippen LogP contribution in [0.5, 0.6) is 0 Å². The van der Waals surface area contributed by atoms with E-state index in [2.05, 4.69) is 0 Å². The molecule has 1 atom stereocenters. The van der Waals surface area contributed by atoms with Gasteiger partial charge < -0.3 is 15.7 Å². The number of aliphatic carboxylic acids is 1. The first-order valence-electron chi connectivity index (χ1n) is 6.74. The number of nitrogens with zero attached hydrogens (tertiary/aromatic N) is 1. The molecule has 0 aliphatic carbocycles. The summed E-state index contributed by atoms with van der Waals surface area (Å²) in [5.41, 5.74) is 5.40. The van der Waals surface area contributed by atoms with Gasteiger partial charge >= 0.3 is 5.97 Å². The van der Waals surface area contributed by atoms with Gasteiger partial charge in [0, 0.05) is 19.0 Å². The SMILES string of the molecule is CCN(C(=O)CCCCCCN)C(C)CC(=O)O. The highest BCUT2D eigenvalue weighted by atomic mass is 16.4. The van der Waals surface area contributed by atoms with Gasteiger partial charge in [0.25, 0.3) is 0 Å². The summed E-state index contributed by atoms with van der Waals surface area (Å²) in [7, 11) is 0. The van der Waals surface area contributed by atoms with Gasteiger partial charge in [0.1, 0.15) is 0 Å². The summed E-state index contributed by atoms with van der Waals surface area (Å²) in [5, 5.41) is 8.73. The Hall–Kier alpha value is -1.10. The van der Waals surface area contributed by atoms with E-state index in [9.17, 15) is 9.59 Å². The van der Waals surface area contributed by atoms with Gasteiger partial charge in [-0.2, -0.15) is 0 Å². The van der Waals surface area contributed by atoms with Crippen LogP contribution >= 0.6 is 0 Å². The molecule has 1 amide bonds. The summed E-state index contributed by atoms with van der Waals surface area (Å²) in [5.74, 6) is -0.810. The van der Waals surface area contributed by atoms with E-state index in [0.717, 1.165) is 25.7 Å². The number of unbranched alkanes of at least 4 members (excludes halogenated alkanes) is 3. The Kier molecular flexibility index (Phi) is 9.28. The minimum atomic E-state index is -0.864. The number of carboxylic acids is 1. The van der Waals surface area contributed by atoms with Gasteiger partial charge in [-0.05, 0) is 33.2 Å². The number of hydrogen-bond acceptors (Lipinski definition) is 3. The fourth-order valence-corrected chi connectivity index (χ4v) is 2.01. The van der Waals surface area contributed by atoms with Crippen molar-refractivity contribution in [2.45, 2.75) is 58.4 Å². The van der Waals surface area contributed by atoms with Crippen LogP contribution in [-0.4, -0.2) is 41.0 Å². The number of carboxylic acid groups (broad SMARTS) is 1. The highest BCUT2D eigenvalue weighted by Crippen LogP contribution is 2.10. The van der Waals surface area contributed by atoms with Crippen molar-refractivity contribution >= 4 is 11.9 Å². The molecule has 106 valence electrons. The number of amides is 1. The largest absolute Gasteiger partial charge is 0.481 e. The summed E-state index contributed by atoms with van der Waals surface area (Å²) >= 11 is 0. The Balaban J connectivity index is 3.98. The fraction of sp³-hybridized carbons (Fsp3) is 0.846. The molecule has 0 saturated carbocycles. The van der Waals surface area contributed by atoms with E-state index in [4.69, 9.17) is 10.8 Å². The normalized spacial score (nSPS) is 12.2. The van der Waals surface area contributed by atoms with Crippen LogP contribution in [0, 0.1) is 0 Å². The van der Waals surface area contributed by atoms with E-state index in [1.165, 1.54) is 0 Å². The zero-order valence-corrected chi connectivity index (χ0v) is 11.5. The Morgan fingerprint density at radius 3 is 2.33 bits per heavy atom. The molecule has 0 radical (unpaired) electrons. The van der Waals surface area contributed by atoms with Crippen molar-refractivity contribution < 1.29 is 14.7 Å². The Morgan fingerprint density at radius 1 is 1.22 bits per heavy atom. The van der Waals surface area contributed by atoms with Gasteiger partial charge in [0.15, 0.2) is 0 Å². The molecule has 0 aromatic carbocycles. The fourth-order valence-electron chi connectivity index (χ4n) is 2.01. The van der Waals surface area contributed by atoms with Crippen molar-refractivity contribution in [3.8, 4) is 0 Å². The topological polar surface area (TPSA) is 83.6 Å². The standard InChI is InChI=1S/C13H26N2O3/c1-3-15(11(2)10-13(17)18)12(16)8-6-4-5-7-9-14/h11H,3-10,14H2,1-2H3,(H,17,18). The lowest BCUT2D eigenvalue weighted by molar-refractivity contribution is -0.140. The minimum Gasteiger partial charge on any atom is -0.481 e. The minimum absolute atomic E-state index is 0.00670. The highest BCUT2D eigenvalue weighted by molar-refractivity contribution is 5.77. The molecule has 5 heteroatoms. The Morgan fingerprint density at radius 2 is 1.83 bits per heavy atom. The quantitative estimate of drug-likeness (QED) is 0.583. The monoisotopic (exact) mass is 258 g/mol. The third-order valence-electron chi connectivity index (χ3n) is 3.01. The predicted molar refractivity (Wildman–Crippen MR) is 71.2 cm³/mol. The molecule has 0 rings (SSSR count). The molecule has 1 unspecified atom stereocenters. The lowest BCUT2D eigenvalue weighted by Crippen LogP contribution is -2.39. The van der Waals surface area contributed by atoms with Crippen molar-refractivity contribution in [2.75, 3.05) is 13.1 Å². The maximum atomic E-state index is 11.9. The van der Waals surface area contributed by atoms with Gasteiger partial charge in [0.2, 0.25) is 5.91 Å². The average molecular weight is 258 g/mol. The van der Waals surface area contributed by atoms with Crippen LogP contribution in [0.4, 0.5) is 0 Å². The summed E-state index contributed by atoms with van der Waals surface area (Å²) < 4.78 is 0. The van der Waals surface area contributed by atoms with Crippen LogP contribution in [0.3, 0.4) is 0 Å². The van der Waals surface area contributed by atoms with Crippen LogP contribution < -0.4 is 5.73 Å². The van der Waals surface area contributed by atoms with E-state index in [-0.39, 0.29) is 18.4 Å². The van der Waals surface area contributed by atoms with Gasteiger partial charge in [-0.3, -0.25) is 9.59 Å². The summed E-state index contributed by atoms with van der Waals surface area (Å²) in [6, 6.07) is -0.232. The summed E-state index contributed by atoms with van der Waals surface area (Å²) in [6.07, 6.45) is 4.43. The maximum absolute atomic E-state index is 11.9. The van der Waals surface area contributed by atoms with Crippen molar-refractivity contribution in [2.24, 2.45) is 5.73 Å². The van der Waals surface area contributed by atoms with Crippen molar-refractivity contribution in [3.63, 3.8) is 0 Å². The Labute approximate surface area is 109 Å². The van der Waals surface area contributed by atoms with Crippen molar-refractivity contribution in [3.05, 3.63) is 0 Å². The number of hydrogen-bond donors (Lipinski definition) is 2. The molecule has 0 bridgehead atoms. The van der Waals surface area contributed by atoms with Crippen molar-refractivity contribution in [1.82, 2.24) is 4.90 Å². The zero-order chi connectivity index (χ0) is 14.0. The second-order valence-corrected chi connectivity index (χ2v) is 4.58. The molecular weight excluding hydrogens is 232 g/mol. The van der Waals surface area contributed by atoms with E-state index < -0.39 is 5.97 Å². The second-order valence-electron chi connectivity index (χ2n) is 4.58. The average Bonchev–Trinajstić information content (AvgIpc) is 2.28. The van der Waals surface area contributed by atoms with E-state index in [0.29, 0.717) is 19.5 Å². The van der Waals surface area contributed by atoms with Crippen LogP contribution in [0.15, 0.2) is 0 Å². The van der Waals surface area contributed by atoms with Crippen LogP contribution in [-0.2, 0) is 9.59 Å². The van der Waals surface area contributed by atoms with Gasteiger partial charge in [0.05, 0.1) is 6.42 Å². The van der Waals surface area contributed by atoms with E-state index in [1.54, 1.807) is 11.8 Å². The molecule has 0 spiro atoms. The third-order valence-corrected chi connectivity index (χ3v) is 3.01. The smallest absolute Gasteiger partial charge is 0.305 e. The second kappa shape index (κ2) is 9.88. The lowest BCUT2D eigenvalue weighted by atomic mass is 10.1. The molecule has 3 N–H and O–H groups in total. The molecule has 0 aromatic heterocycles. The highest BCUT2D eigenvalue weighted by Gasteiger charge is 2.19. The zero-order valence-electron chi connectivity index (χ0n) is 11.5. The molecule has 0 fully saturated rings. The van der Waals surface area contributed by atoms with Gasteiger partial charge in [-0.25, -0.2) is 0 Å². The number of carbonyl (C=O) groups is 2. The maximum Gasteiger partial charge on any atom is 0.305 e.